The highest BCUT2D eigenvalue weighted by molar-refractivity contribution is 6.33. The first-order chi connectivity index (χ1) is 17.8. The van der Waals surface area contributed by atoms with E-state index in [-0.39, 0.29) is 5.91 Å². The van der Waals surface area contributed by atoms with Gasteiger partial charge < -0.3 is 14.5 Å². The smallest absolute Gasteiger partial charge is 0.254 e. The summed E-state index contributed by atoms with van der Waals surface area (Å²) in [6, 6.07) is 10.1. The second kappa shape index (κ2) is 11.7. The molecule has 0 aliphatic carbocycles. The third-order valence-corrected chi connectivity index (χ3v) is 7.06. The minimum Gasteiger partial charge on any atom is -0.492 e. The summed E-state index contributed by atoms with van der Waals surface area (Å²) in [4.78, 5) is 26.6. The molecule has 0 fully saturated rings. The molecule has 8 heteroatoms. The third-order valence-electron chi connectivity index (χ3n) is 6.76. The van der Waals surface area contributed by atoms with E-state index < -0.39 is 0 Å². The molecule has 0 spiro atoms. The van der Waals surface area contributed by atoms with Crippen molar-refractivity contribution < 1.29 is 9.53 Å². The van der Waals surface area contributed by atoms with Crippen LogP contribution in [0.2, 0.25) is 5.02 Å². The molecular formula is C29H32ClN5O2. The molecule has 4 rings (SSSR count). The van der Waals surface area contributed by atoms with Crippen molar-refractivity contribution in [3.8, 4) is 22.9 Å². The topological polar surface area (TPSA) is 82.3 Å². The molecule has 0 atom stereocenters. The molecule has 0 saturated carbocycles. The SMILES string of the molecule is CCOc1cc(CN2CCc3c(cc(CCN(C)CC)cc3-c3cc(C)ncc3Cl)C2=O)ncc1C#N. The molecule has 1 amide bonds. The molecule has 1 aliphatic rings. The third kappa shape index (κ3) is 5.93. The van der Waals surface area contributed by atoms with Gasteiger partial charge in [-0.2, -0.15) is 5.26 Å². The number of fused-ring (bicyclic) bond motifs is 1. The zero-order valence-corrected chi connectivity index (χ0v) is 22.6. The van der Waals surface area contributed by atoms with Gasteiger partial charge in [0.05, 0.1) is 23.9 Å². The Morgan fingerprint density at radius 2 is 1.92 bits per heavy atom. The molecular weight excluding hydrogens is 486 g/mol. The largest absolute Gasteiger partial charge is 0.492 e. The summed E-state index contributed by atoms with van der Waals surface area (Å²) < 4.78 is 5.61. The van der Waals surface area contributed by atoms with Crippen LogP contribution in [0, 0.1) is 18.3 Å². The van der Waals surface area contributed by atoms with Crippen LogP contribution >= 0.6 is 11.6 Å². The minimum atomic E-state index is -0.0285. The lowest BCUT2D eigenvalue weighted by Gasteiger charge is -2.31. The number of rotatable bonds is 9. The van der Waals surface area contributed by atoms with Crippen LogP contribution < -0.4 is 4.74 Å². The number of benzene rings is 1. The molecule has 0 unspecified atom stereocenters. The van der Waals surface area contributed by atoms with E-state index in [0.717, 1.165) is 47.5 Å². The molecule has 2 aromatic heterocycles. The van der Waals surface area contributed by atoms with Gasteiger partial charge in [-0.1, -0.05) is 24.6 Å². The van der Waals surface area contributed by atoms with Gasteiger partial charge in [-0.15, -0.1) is 0 Å². The Bertz CT molecular complexity index is 1350. The zero-order chi connectivity index (χ0) is 26.5. The zero-order valence-electron chi connectivity index (χ0n) is 21.8. The van der Waals surface area contributed by atoms with Gasteiger partial charge in [-0.05, 0) is 69.1 Å². The molecule has 1 aromatic carbocycles. The number of pyridine rings is 2. The Morgan fingerprint density at radius 3 is 2.65 bits per heavy atom. The van der Waals surface area contributed by atoms with Crippen molar-refractivity contribution in [2.75, 3.05) is 33.3 Å². The Morgan fingerprint density at radius 1 is 1.14 bits per heavy atom. The summed E-state index contributed by atoms with van der Waals surface area (Å²) in [5.41, 5.74) is 6.70. The Labute approximate surface area is 223 Å². The number of hydrogen-bond donors (Lipinski definition) is 0. The number of carbonyl (C=O) groups is 1. The molecule has 192 valence electrons. The van der Waals surface area contributed by atoms with Gasteiger partial charge >= 0.3 is 0 Å². The molecule has 0 saturated heterocycles. The van der Waals surface area contributed by atoms with Crippen LogP contribution in [-0.2, 0) is 19.4 Å². The van der Waals surface area contributed by atoms with Crippen molar-refractivity contribution in [2.24, 2.45) is 0 Å². The summed E-state index contributed by atoms with van der Waals surface area (Å²) in [5, 5.41) is 9.91. The van der Waals surface area contributed by atoms with Gasteiger partial charge in [-0.25, -0.2) is 0 Å². The molecule has 0 radical (unpaired) electrons. The molecule has 37 heavy (non-hydrogen) atoms. The van der Waals surface area contributed by atoms with Crippen molar-refractivity contribution in [2.45, 2.75) is 40.2 Å². The molecule has 3 aromatic rings. The van der Waals surface area contributed by atoms with E-state index in [1.54, 1.807) is 12.3 Å². The maximum atomic E-state index is 13.8. The number of amides is 1. The lowest BCUT2D eigenvalue weighted by Crippen LogP contribution is -2.37. The Kier molecular flexibility index (Phi) is 8.42. The fourth-order valence-corrected chi connectivity index (χ4v) is 4.80. The number of hydrogen-bond acceptors (Lipinski definition) is 6. The van der Waals surface area contributed by atoms with E-state index in [4.69, 9.17) is 16.3 Å². The van der Waals surface area contributed by atoms with Crippen LogP contribution in [0.5, 0.6) is 5.75 Å². The predicted molar refractivity (Wildman–Crippen MR) is 145 cm³/mol. The lowest BCUT2D eigenvalue weighted by molar-refractivity contribution is 0.0724. The Balaban J connectivity index is 1.71. The van der Waals surface area contributed by atoms with Gasteiger partial charge in [-0.3, -0.25) is 14.8 Å². The standard InChI is InChI=1S/C29H32ClN5O2/c1-5-34(4)9-7-20-12-24(25-11-19(3)32-17-27(25)30)23-8-10-35(29(36)26(23)13-20)18-22-14-28(37-6-2)21(15-31)16-33-22/h11-14,16-17H,5-10,18H2,1-4H3. The van der Waals surface area contributed by atoms with E-state index in [1.165, 1.54) is 6.20 Å². The molecule has 0 N–H and O–H groups in total. The minimum absolute atomic E-state index is 0.0285. The second-order valence-corrected chi connectivity index (χ2v) is 9.72. The van der Waals surface area contributed by atoms with E-state index in [9.17, 15) is 10.1 Å². The fourth-order valence-electron chi connectivity index (χ4n) is 4.59. The van der Waals surface area contributed by atoms with Gasteiger partial charge in [0.25, 0.3) is 5.91 Å². The van der Waals surface area contributed by atoms with Crippen molar-refractivity contribution in [3.63, 3.8) is 0 Å². The summed E-state index contributed by atoms with van der Waals surface area (Å²) in [6.07, 6.45) is 4.73. The van der Waals surface area contributed by atoms with Crippen LogP contribution in [-0.4, -0.2) is 59.0 Å². The molecule has 0 bridgehead atoms. The first kappa shape index (κ1) is 26.6. The average Bonchev–Trinajstić information content (AvgIpc) is 2.90. The predicted octanol–water partition coefficient (Wildman–Crippen LogP) is 5.07. The van der Waals surface area contributed by atoms with Gasteiger partial charge in [0, 0.05) is 48.4 Å². The number of ether oxygens (including phenoxy) is 1. The number of carbonyl (C=O) groups excluding carboxylic acids is 1. The van der Waals surface area contributed by atoms with E-state index >= 15 is 0 Å². The maximum absolute atomic E-state index is 13.8. The summed E-state index contributed by atoms with van der Waals surface area (Å²) in [5.74, 6) is 0.464. The lowest BCUT2D eigenvalue weighted by atomic mass is 9.87. The van der Waals surface area contributed by atoms with Gasteiger partial charge in [0.1, 0.15) is 17.4 Å². The first-order valence-corrected chi connectivity index (χ1v) is 13.0. The fraction of sp³-hybridized carbons (Fsp3) is 0.379. The van der Waals surface area contributed by atoms with Crippen LogP contribution in [0.1, 0.15) is 52.3 Å². The van der Waals surface area contributed by atoms with Crippen molar-refractivity contribution in [1.82, 2.24) is 19.8 Å². The molecule has 7 nitrogen and oxygen atoms in total. The van der Waals surface area contributed by atoms with Crippen LogP contribution in [0.15, 0.2) is 36.7 Å². The number of aryl methyl sites for hydroxylation is 1. The molecule has 1 aliphatic heterocycles. The number of nitrogens with zero attached hydrogens (tertiary/aromatic N) is 5. The van der Waals surface area contributed by atoms with E-state index in [1.807, 2.05) is 30.9 Å². The second-order valence-electron chi connectivity index (χ2n) is 9.31. The van der Waals surface area contributed by atoms with E-state index in [2.05, 4.69) is 41.0 Å². The highest BCUT2D eigenvalue weighted by Crippen LogP contribution is 2.36. The first-order valence-electron chi connectivity index (χ1n) is 12.6. The Hall–Kier alpha value is -3.47. The average molecular weight is 518 g/mol. The highest BCUT2D eigenvalue weighted by atomic mass is 35.5. The monoisotopic (exact) mass is 517 g/mol. The van der Waals surface area contributed by atoms with Crippen molar-refractivity contribution >= 4 is 17.5 Å². The summed E-state index contributed by atoms with van der Waals surface area (Å²) in [7, 11) is 2.09. The van der Waals surface area contributed by atoms with Crippen molar-refractivity contribution in [3.05, 3.63) is 75.3 Å². The normalized spacial score (nSPS) is 13.0. The number of nitriles is 1. The van der Waals surface area contributed by atoms with Crippen LogP contribution in [0.25, 0.3) is 11.1 Å². The van der Waals surface area contributed by atoms with Crippen LogP contribution in [0.3, 0.4) is 0 Å². The van der Waals surface area contributed by atoms with Gasteiger partial charge in [0.15, 0.2) is 0 Å². The quantitative estimate of drug-likeness (QED) is 0.394. The summed E-state index contributed by atoms with van der Waals surface area (Å²) in [6.45, 7) is 9.15. The highest BCUT2D eigenvalue weighted by Gasteiger charge is 2.28. The number of aromatic nitrogens is 2. The van der Waals surface area contributed by atoms with Crippen LogP contribution in [0.4, 0.5) is 0 Å². The number of halogens is 1. The molecule has 3 heterocycles. The summed E-state index contributed by atoms with van der Waals surface area (Å²) >= 11 is 6.60. The van der Waals surface area contributed by atoms with Crippen molar-refractivity contribution in [1.29, 1.82) is 5.26 Å². The maximum Gasteiger partial charge on any atom is 0.254 e. The number of likely N-dealkylation sites (N-methyl/N-ethyl adjacent to an activating group) is 1. The van der Waals surface area contributed by atoms with Gasteiger partial charge in [0.2, 0.25) is 0 Å². The van der Waals surface area contributed by atoms with E-state index in [0.29, 0.717) is 53.7 Å².